The Labute approximate surface area is 761 Å². The summed E-state index contributed by atoms with van der Waals surface area (Å²) in [5, 5.41) is 27.9. The average Bonchev–Trinajstić information content (AvgIpc) is 1.03. The van der Waals surface area contributed by atoms with E-state index in [1.165, 1.54) is 199 Å². The summed E-state index contributed by atoms with van der Waals surface area (Å²) in [7, 11) is 0. The van der Waals surface area contributed by atoms with Crippen molar-refractivity contribution in [3.63, 3.8) is 0 Å². The van der Waals surface area contributed by atoms with Crippen molar-refractivity contribution in [2.24, 2.45) is 0 Å². The molecule has 0 fully saturated rings. The van der Waals surface area contributed by atoms with E-state index in [0.29, 0.717) is 0 Å². The van der Waals surface area contributed by atoms with E-state index in [9.17, 15) is 0 Å². The molecule has 10 aromatic heterocycles. The Kier molecular flexibility index (Phi) is 12.9. The largest absolute Gasteiger partial charge is 0.456 e. The van der Waals surface area contributed by atoms with Crippen LogP contribution in [-0.2, 0) is 0 Å². The van der Waals surface area contributed by atoms with Crippen LogP contribution in [0, 0.1) is 0 Å². The van der Waals surface area contributed by atoms with Crippen LogP contribution in [0.25, 0.3) is 266 Å². The highest BCUT2D eigenvalue weighted by Crippen LogP contribution is 2.50. The second-order valence-corrected chi connectivity index (χ2v) is 36.5. The molecule has 0 spiro atoms. The Morgan fingerprint density at radius 2 is 0.806 bits per heavy atom. The van der Waals surface area contributed by atoms with Crippen molar-refractivity contribution in [3.8, 4) is 22.3 Å². The first-order valence-corrected chi connectivity index (χ1v) is 44.7. The summed E-state index contributed by atoms with van der Waals surface area (Å²) >= 11 is 16.4. The molecule has 0 saturated carbocycles. The number of rotatable bonds is 3. The number of benzene rings is 20. The van der Waals surface area contributed by atoms with Gasteiger partial charge in [0, 0.05) is 135 Å². The Hall–Kier alpha value is -13.7. The van der Waals surface area contributed by atoms with Gasteiger partial charge in [-0.2, -0.15) is 0 Å². The SMILES string of the molecule is Brc1cc2cccc3c2c(c1)c1cccc2c4cc(-c5cccc6oc7ccccc7c56)ccc4n3c12.Brc1ccc2c3c1cccc3c1cccc3c4ccc(-c5cccc6c5sc5ccccc56)cc4n2c13.C=Cc1ccc2c(c1)c1cc(Br)cc3c4cccc5cccc(c54)n2c31.[2H]c1c([2H])c2c([2H])c([2H])c([2H])c3c2c(c1[2H])c1c([2H])c([2H])c([2H])c2c4c([2H])c([2H])c(Br)c([2H])c4n3c12. The Morgan fingerprint density at radius 3 is 1.62 bits per heavy atom. The second-order valence-electron chi connectivity index (χ2n) is 32.0. The number of nitrogens with zero attached hydrogens (tertiary/aromatic N) is 4. The molecule has 0 unspecified atom stereocenters. The van der Waals surface area contributed by atoms with Gasteiger partial charge in [-0.3, -0.25) is 0 Å². The first kappa shape index (κ1) is 59.9. The summed E-state index contributed by atoms with van der Waals surface area (Å²) in [4.78, 5) is 0. The molecule has 30 aromatic rings. The number of hydrogen-bond donors (Lipinski definition) is 0. The number of aromatic nitrogens is 4. The highest BCUT2D eigenvalue weighted by Gasteiger charge is 2.26. The van der Waals surface area contributed by atoms with Gasteiger partial charge in [0.05, 0.1) is 82.6 Å². The predicted molar refractivity (Wildman–Crippen MR) is 546 cm³/mol. The molecule has 5 nitrogen and oxygen atoms in total. The molecule has 10 heteroatoms. The maximum absolute atomic E-state index is 8.76. The van der Waals surface area contributed by atoms with Gasteiger partial charge in [-0.1, -0.05) is 319 Å². The van der Waals surface area contributed by atoms with Gasteiger partial charge in [-0.25, -0.2) is 0 Å². The number of hydrogen-bond acceptors (Lipinski definition) is 2. The van der Waals surface area contributed by atoms with E-state index in [4.69, 9.17) is 20.9 Å². The van der Waals surface area contributed by atoms with Gasteiger partial charge < -0.3 is 22.0 Å². The maximum Gasteiger partial charge on any atom is 0.136 e. The summed E-state index contributed by atoms with van der Waals surface area (Å²) < 4.78 is 124. The summed E-state index contributed by atoms with van der Waals surface area (Å²) in [6.07, 6.45) is 1.91. The van der Waals surface area contributed by atoms with Crippen LogP contribution in [0.5, 0.6) is 0 Å². The summed E-state index contributed by atoms with van der Waals surface area (Å²) in [5.74, 6) is 0. The van der Waals surface area contributed by atoms with Crippen molar-refractivity contribution in [2.45, 2.75) is 0 Å². The summed E-state index contributed by atoms with van der Waals surface area (Å²) in [6.45, 7) is 3.94. The Balaban J connectivity index is 0.0000000926. The lowest BCUT2D eigenvalue weighted by Crippen LogP contribution is -1.93. The van der Waals surface area contributed by atoms with Crippen molar-refractivity contribution in [3.05, 3.63) is 388 Å². The highest BCUT2D eigenvalue weighted by molar-refractivity contribution is 9.11. The quantitative estimate of drug-likeness (QED) is 0.128. The van der Waals surface area contributed by atoms with Crippen molar-refractivity contribution in [1.29, 1.82) is 0 Å². The topological polar surface area (TPSA) is 30.8 Å². The first-order valence-electron chi connectivity index (χ1n) is 46.7. The van der Waals surface area contributed by atoms with Crippen LogP contribution in [0.2, 0.25) is 0 Å². The lowest BCUT2D eigenvalue weighted by atomic mass is 9.97. The van der Waals surface area contributed by atoms with Crippen molar-refractivity contribution < 1.29 is 20.9 Å². The van der Waals surface area contributed by atoms with Gasteiger partial charge in [0.15, 0.2) is 0 Å². The zero-order chi connectivity index (χ0) is 92.2. The third-order valence-corrected chi connectivity index (χ3v) is 28.9. The number of pyridine rings is 4. The molecule has 124 heavy (non-hydrogen) atoms. The zero-order valence-corrected chi connectivity index (χ0v) is 72.2. The van der Waals surface area contributed by atoms with Gasteiger partial charge >= 0.3 is 0 Å². The molecule has 0 radical (unpaired) electrons. The van der Waals surface area contributed by atoms with E-state index in [2.05, 4.69) is 356 Å². The van der Waals surface area contributed by atoms with Crippen LogP contribution in [-0.4, -0.2) is 17.6 Å². The Bertz CT molecular complexity index is 10700. The third-order valence-electron chi connectivity index (χ3n) is 25.7. The molecule has 30 rings (SSSR count). The van der Waals surface area contributed by atoms with E-state index in [-0.39, 0.29) is 71.5 Å². The van der Waals surface area contributed by atoms with E-state index in [1.54, 1.807) is 0 Å². The smallest absolute Gasteiger partial charge is 0.136 e. The fourth-order valence-electron chi connectivity index (χ4n) is 20.7. The first-order chi connectivity index (χ1) is 66.1. The lowest BCUT2D eigenvalue weighted by molar-refractivity contribution is 0.669. The molecule has 578 valence electrons. The van der Waals surface area contributed by atoms with Crippen LogP contribution in [0.1, 0.15) is 22.0 Å². The zero-order valence-electron chi connectivity index (χ0n) is 77.0. The monoisotopic (exact) mass is 1860 g/mol. The fourth-order valence-corrected chi connectivity index (χ4v) is 23.6. The van der Waals surface area contributed by atoms with E-state index in [1.807, 2.05) is 29.5 Å². The molecule has 0 aliphatic heterocycles. The van der Waals surface area contributed by atoms with Crippen molar-refractivity contribution in [1.82, 2.24) is 17.6 Å². The minimum absolute atomic E-state index is 0.000865. The van der Waals surface area contributed by atoms with Crippen molar-refractivity contribution in [2.75, 3.05) is 0 Å². The fraction of sp³-hybridized carbons (Fsp3) is 0. The Morgan fingerprint density at radius 1 is 0.282 bits per heavy atom. The van der Waals surface area contributed by atoms with Crippen LogP contribution >= 0.6 is 75.1 Å². The normalized spacial score (nSPS) is 13.7. The summed E-state index contributed by atoms with van der Waals surface area (Å²) in [6, 6.07) is 98.7. The number of furan rings is 1. The maximum atomic E-state index is 8.76. The molecule has 0 aliphatic rings. The second kappa shape index (κ2) is 26.7. The van der Waals surface area contributed by atoms with Crippen LogP contribution in [0.4, 0.5) is 0 Å². The molecule has 0 bridgehead atoms. The average molecular weight is 1870 g/mol. The molecule has 0 saturated heterocycles. The highest BCUT2D eigenvalue weighted by atomic mass is 79.9. The van der Waals surface area contributed by atoms with E-state index in [0.717, 1.165) is 35.5 Å². The summed E-state index contributed by atoms with van der Waals surface area (Å²) in [5.41, 5.74) is 19.3. The molecule has 20 aromatic carbocycles. The molecule has 10 heterocycles. The van der Waals surface area contributed by atoms with Gasteiger partial charge in [0.2, 0.25) is 0 Å². The predicted octanol–water partition coefficient (Wildman–Crippen LogP) is 35.3. The van der Waals surface area contributed by atoms with E-state index >= 15 is 0 Å². The van der Waals surface area contributed by atoms with Gasteiger partial charge in [0.25, 0.3) is 0 Å². The molecular weight excluding hydrogens is 1790 g/mol. The van der Waals surface area contributed by atoms with Crippen LogP contribution in [0.15, 0.2) is 387 Å². The molecule has 0 atom stereocenters. The molecule has 0 aliphatic carbocycles. The number of halogens is 4. The van der Waals surface area contributed by atoms with Crippen molar-refractivity contribution >= 4 is 319 Å². The third kappa shape index (κ3) is 9.99. The van der Waals surface area contributed by atoms with Gasteiger partial charge in [-0.15, -0.1) is 11.3 Å². The van der Waals surface area contributed by atoms with Crippen LogP contribution in [0.3, 0.4) is 0 Å². The van der Waals surface area contributed by atoms with Gasteiger partial charge in [-0.05, 0) is 186 Å². The minimum Gasteiger partial charge on any atom is -0.456 e. The molecule has 0 amide bonds. The lowest BCUT2D eigenvalue weighted by Gasteiger charge is -2.14. The van der Waals surface area contributed by atoms with Gasteiger partial charge in [0.1, 0.15) is 11.2 Å². The number of thiophene rings is 1. The van der Waals surface area contributed by atoms with Crippen LogP contribution < -0.4 is 0 Å². The molecule has 0 N–H and O–H groups in total. The number of para-hydroxylation sites is 4. The number of fused-ring (bicyclic) bond motifs is 26. The standard InChI is InChI=1S/C34H18BrNO.C34H18BrNS.C24H14BrN.C22H12BrN/c35-21-16-20-6-3-11-29-32(20)27(18-21)24-10-4-9-23-26-17-19(14-15-28(26)36(29)34(23)24)22-8-5-13-31-33(22)25-7-1-2-12-30(25)37-31;35-28-16-17-29-32-23(8-4-12-27(28)32)25-10-5-9-24-21-15-14-19(18-30(21)36(29)33(24)25)20-7-3-11-26-22-6-1-2-13-31(22)37-34(20)26;1-2-14-9-10-21-18(11-14)20-13-16(25)12-19-17-7-3-5-15-6-4-8-22(23(15)17)26(21)24(19)20;23-14-10-11-15-17-7-3-8-18-16-6-1-4-13-5-2-9-19(21(13)16)24(22(17)18)20(15)12-14/h2*1-18H;2-13H,1H2;1-12H/i;;;1D,2D,3D,4D,5D,6D,7D,8D,9D,10D,11D,12D. The van der Waals surface area contributed by atoms with E-state index < -0.39 is 54.4 Å². The minimum atomic E-state index is -0.550. The molecular formula is C114H62Br4N4OS.